The third-order valence-corrected chi connectivity index (χ3v) is 7.75. The van der Waals surface area contributed by atoms with E-state index in [9.17, 15) is 19.5 Å². The number of fused-ring (bicyclic) bond motifs is 4. The van der Waals surface area contributed by atoms with Crippen LogP contribution >= 0.6 is 0 Å². The molecule has 184 valence electrons. The molecule has 0 spiro atoms. The number of carbonyl (C=O) groups is 3. The molecule has 2 heterocycles. The van der Waals surface area contributed by atoms with Crippen molar-refractivity contribution in [3.05, 3.63) is 59.7 Å². The number of hydrogen-bond donors (Lipinski definition) is 2. The van der Waals surface area contributed by atoms with Crippen LogP contribution in [0.1, 0.15) is 43.2 Å². The quantitative estimate of drug-likeness (QED) is 0.603. The third-order valence-electron chi connectivity index (χ3n) is 7.75. The molecular weight excluding hydrogens is 448 g/mol. The zero-order valence-electron chi connectivity index (χ0n) is 20.0. The molecule has 1 atom stereocenters. The van der Waals surface area contributed by atoms with Gasteiger partial charge in [0.15, 0.2) is 0 Å². The standard InChI is InChI=1S/C27H30N2O6/c1-26-14-27(15-26,24(31)32)29(16-26)23(30)11-17(34-2)12-28-25(33)35-13-22-20-9-5-3-7-18(20)19-8-4-6-10-21(19)22/h3-10,17,22H,11-16H2,1-2H3,(H,28,33)(H,31,32). The summed E-state index contributed by atoms with van der Waals surface area (Å²) in [6.07, 6.45) is -0.211. The summed E-state index contributed by atoms with van der Waals surface area (Å²) in [7, 11) is 1.47. The van der Waals surface area contributed by atoms with E-state index >= 15 is 0 Å². The van der Waals surface area contributed by atoms with Crippen LogP contribution < -0.4 is 5.32 Å². The fourth-order valence-corrected chi connectivity index (χ4v) is 6.18. The number of carboxylic acids is 1. The highest BCUT2D eigenvalue weighted by molar-refractivity contribution is 5.90. The van der Waals surface area contributed by atoms with Crippen molar-refractivity contribution in [2.75, 3.05) is 26.8 Å². The number of hydrogen-bond acceptors (Lipinski definition) is 5. The molecule has 0 radical (unpaired) electrons. The maximum absolute atomic E-state index is 12.9. The van der Waals surface area contributed by atoms with Crippen LogP contribution in [0.5, 0.6) is 0 Å². The molecule has 1 saturated carbocycles. The van der Waals surface area contributed by atoms with Gasteiger partial charge in [0.1, 0.15) is 12.1 Å². The molecule has 8 nitrogen and oxygen atoms in total. The van der Waals surface area contributed by atoms with Crippen molar-refractivity contribution in [1.29, 1.82) is 0 Å². The molecule has 2 bridgehead atoms. The molecule has 8 heteroatoms. The Bertz CT molecular complexity index is 1130. The predicted octanol–water partition coefficient (Wildman–Crippen LogP) is 3.40. The molecule has 6 rings (SSSR count). The van der Waals surface area contributed by atoms with Crippen LogP contribution in [0, 0.1) is 5.41 Å². The molecule has 2 aliphatic heterocycles. The Labute approximate surface area is 204 Å². The van der Waals surface area contributed by atoms with Crippen LogP contribution in [0.4, 0.5) is 4.79 Å². The molecule has 3 fully saturated rings. The molecule has 2 aromatic carbocycles. The van der Waals surface area contributed by atoms with E-state index in [1.54, 1.807) is 0 Å². The van der Waals surface area contributed by atoms with Gasteiger partial charge in [0.2, 0.25) is 5.91 Å². The van der Waals surface area contributed by atoms with Gasteiger partial charge in [0.25, 0.3) is 0 Å². The minimum Gasteiger partial charge on any atom is -0.479 e. The Morgan fingerprint density at radius 3 is 2.26 bits per heavy atom. The SMILES string of the molecule is COC(CNC(=O)OCC1c2ccccc2-c2ccccc21)CC(=O)N1CC2(C)CC1(C(=O)O)C2. The van der Waals surface area contributed by atoms with E-state index in [-0.39, 0.29) is 36.8 Å². The minimum absolute atomic E-state index is 0.00866. The lowest BCUT2D eigenvalue weighted by atomic mass is 9.63. The Kier molecular flexibility index (Phi) is 5.79. The normalized spacial score (nSPS) is 24.8. The Balaban J connectivity index is 1.15. The lowest BCUT2D eigenvalue weighted by Gasteiger charge is -2.42. The van der Waals surface area contributed by atoms with E-state index in [2.05, 4.69) is 29.6 Å². The monoisotopic (exact) mass is 478 g/mol. The van der Waals surface area contributed by atoms with Crippen molar-refractivity contribution in [3.63, 3.8) is 0 Å². The van der Waals surface area contributed by atoms with E-state index in [0.29, 0.717) is 19.4 Å². The van der Waals surface area contributed by atoms with Gasteiger partial charge in [0, 0.05) is 26.1 Å². The molecule has 0 aromatic heterocycles. The van der Waals surface area contributed by atoms with Crippen molar-refractivity contribution in [2.45, 2.75) is 43.7 Å². The number of ether oxygens (including phenoxy) is 2. The van der Waals surface area contributed by atoms with Crippen LogP contribution in [0.15, 0.2) is 48.5 Å². The van der Waals surface area contributed by atoms with Gasteiger partial charge >= 0.3 is 12.1 Å². The Morgan fingerprint density at radius 1 is 1.09 bits per heavy atom. The highest BCUT2D eigenvalue weighted by Crippen LogP contribution is 2.59. The topological polar surface area (TPSA) is 105 Å². The Hall–Kier alpha value is -3.39. The summed E-state index contributed by atoms with van der Waals surface area (Å²) < 4.78 is 10.9. The van der Waals surface area contributed by atoms with Gasteiger partial charge in [-0.15, -0.1) is 0 Å². The van der Waals surface area contributed by atoms with E-state index < -0.39 is 23.7 Å². The molecule has 2 aromatic rings. The summed E-state index contributed by atoms with van der Waals surface area (Å²) in [5.74, 6) is -1.26. The predicted molar refractivity (Wildman–Crippen MR) is 128 cm³/mol. The summed E-state index contributed by atoms with van der Waals surface area (Å²) in [6.45, 7) is 2.73. The van der Waals surface area contributed by atoms with Crippen LogP contribution in [-0.4, -0.2) is 66.4 Å². The summed E-state index contributed by atoms with van der Waals surface area (Å²) in [4.78, 5) is 38.7. The number of nitrogens with one attached hydrogen (secondary N) is 1. The molecule has 2 saturated heterocycles. The smallest absolute Gasteiger partial charge is 0.407 e. The van der Waals surface area contributed by atoms with Gasteiger partial charge in [-0.25, -0.2) is 9.59 Å². The van der Waals surface area contributed by atoms with Crippen LogP contribution in [0.2, 0.25) is 0 Å². The number of benzene rings is 2. The van der Waals surface area contributed by atoms with Crippen molar-refractivity contribution >= 4 is 18.0 Å². The van der Waals surface area contributed by atoms with Gasteiger partial charge in [0.05, 0.1) is 12.5 Å². The lowest BCUT2D eigenvalue weighted by Crippen LogP contribution is -2.56. The zero-order chi connectivity index (χ0) is 24.8. The lowest BCUT2D eigenvalue weighted by molar-refractivity contribution is -0.160. The maximum Gasteiger partial charge on any atom is 0.407 e. The van der Waals surface area contributed by atoms with Crippen LogP contribution in [0.3, 0.4) is 0 Å². The van der Waals surface area contributed by atoms with Crippen molar-refractivity contribution in [3.8, 4) is 11.1 Å². The van der Waals surface area contributed by atoms with Crippen molar-refractivity contribution in [2.24, 2.45) is 5.41 Å². The molecular formula is C27H30N2O6. The number of amides is 2. The highest BCUT2D eigenvalue weighted by atomic mass is 16.5. The number of aliphatic carboxylic acids is 1. The molecule has 1 unspecified atom stereocenters. The van der Waals surface area contributed by atoms with E-state index in [0.717, 1.165) is 22.3 Å². The second-order valence-electron chi connectivity index (χ2n) is 10.2. The first kappa shape index (κ1) is 23.4. The summed E-state index contributed by atoms with van der Waals surface area (Å²) in [5.41, 5.74) is 3.35. The number of alkyl carbamates (subject to hydrolysis) is 1. The average Bonchev–Trinajstić information content (AvgIpc) is 3.44. The van der Waals surface area contributed by atoms with E-state index in [1.807, 2.05) is 31.2 Å². The average molecular weight is 479 g/mol. The summed E-state index contributed by atoms with van der Waals surface area (Å²) >= 11 is 0. The zero-order valence-corrected chi connectivity index (χ0v) is 20.0. The van der Waals surface area contributed by atoms with Gasteiger partial charge in [-0.1, -0.05) is 55.5 Å². The van der Waals surface area contributed by atoms with Gasteiger partial charge in [-0.3, -0.25) is 4.79 Å². The third kappa shape index (κ3) is 3.95. The first-order valence-electron chi connectivity index (χ1n) is 11.9. The largest absolute Gasteiger partial charge is 0.479 e. The molecule has 2 amide bonds. The number of rotatable bonds is 8. The first-order chi connectivity index (χ1) is 16.8. The molecule has 4 aliphatic rings. The number of carbonyl (C=O) groups excluding carboxylic acids is 2. The van der Waals surface area contributed by atoms with Gasteiger partial charge in [-0.05, 0) is 40.5 Å². The Morgan fingerprint density at radius 2 is 1.69 bits per heavy atom. The van der Waals surface area contributed by atoms with E-state index in [4.69, 9.17) is 9.47 Å². The van der Waals surface area contributed by atoms with Gasteiger partial charge < -0.3 is 24.8 Å². The van der Waals surface area contributed by atoms with Gasteiger partial charge in [-0.2, -0.15) is 0 Å². The van der Waals surface area contributed by atoms with Crippen molar-refractivity contribution in [1.82, 2.24) is 10.2 Å². The fourth-order valence-electron chi connectivity index (χ4n) is 6.18. The summed E-state index contributed by atoms with van der Waals surface area (Å²) in [5, 5.41) is 12.4. The maximum atomic E-state index is 12.9. The minimum atomic E-state index is -1.09. The molecule has 2 aliphatic carbocycles. The highest BCUT2D eigenvalue weighted by Gasteiger charge is 2.68. The second kappa shape index (κ2) is 8.68. The number of carboxylic acid groups (broad SMARTS) is 1. The van der Waals surface area contributed by atoms with Crippen molar-refractivity contribution < 1.29 is 29.0 Å². The second-order valence-corrected chi connectivity index (χ2v) is 10.2. The fraction of sp³-hybridized carbons (Fsp3) is 0.444. The molecule has 2 N–H and O–H groups in total. The first-order valence-corrected chi connectivity index (χ1v) is 11.9. The summed E-state index contributed by atoms with van der Waals surface area (Å²) in [6, 6.07) is 16.2. The number of nitrogens with zero attached hydrogens (tertiary/aromatic N) is 1. The van der Waals surface area contributed by atoms with Crippen LogP contribution in [-0.2, 0) is 19.1 Å². The number of methoxy groups -OCH3 is 1. The molecule has 35 heavy (non-hydrogen) atoms. The van der Waals surface area contributed by atoms with E-state index in [1.165, 1.54) is 12.0 Å². The van der Waals surface area contributed by atoms with Crippen LogP contribution in [0.25, 0.3) is 11.1 Å².